The lowest BCUT2D eigenvalue weighted by Crippen LogP contribution is -2.52. The number of aryl methyl sites for hydroxylation is 2. The molecule has 2 nitrogen and oxygen atoms in total. The van der Waals surface area contributed by atoms with Gasteiger partial charge in [0.15, 0.2) is 0 Å². The zero-order valence-corrected chi connectivity index (χ0v) is 10.8. The number of rotatable bonds is 3. The first-order valence-electron chi connectivity index (χ1n) is 6.19. The fourth-order valence-corrected chi connectivity index (χ4v) is 2.55. The first-order valence-corrected chi connectivity index (χ1v) is 6.19. The third-order valence-corrected chi connectivity index (χ3v) is 4.03. The smallest absolute Gasteiger partial charge is 0.0666 e. The van der Waals surface area contributed by atoms with Crippen molar-refractivity contribution < 1.29 is 4.74 Å². The van der Waals surface area contributed by atoms with E-state index in [1.165, 1.54) is 16.7 Å². The molecule has 0 aromatic heterocycles. The van der Waals surface area contributed by atoms with Gasteiger partial charge in [-0.2, -0.15) is 5.26 Å². The summed E-state index contributed by atoms with van der Waals surface area (Å²) in [5.41, 5.74) is 3.79. The van der Waals surface area contributed by atoms with Gasteiger partial charge < -0.3 is 4.74 Å². The van der Waals surface area contributed by atoms with Gasteiger partial charge in [0.25, 0.3) is 0 Å². The number of nitriles is 1. The van der Waals surface area contributed by atoms with Crippen molar-refractivity contribution in [3.05, 3.63) is 34.9 Å². The average Bonchev–Trinajstić information content (AvgIpc) is 2.27. The Balaban J connectivity index is 2.41. The van der Waals surface area contributed by atoms with Gasteiger partial charge in [0.05, 0.1) is 30.6 Å². The zero-order valence-electron chi connectivity index (χ0n) is 10.8. The van der Waals surface area contributed by atoms with Crippen LogP contribution in [0, 0.1) is 31.1 Å². The molecule has 1 aliphatic heterocycles. The lowest BCUT2D eigenvalue weighted by molar-refractivity contribution is -0.0805. The molecule has 0 amide bonds. The molecule has 1 fully saturated rings. The van der Waals surface area contributed by atoms with Crippen LogP contribution in [0.2, 0.25) is 0 Å². The summed E-state index contributed by atoms with van der Waals surface area (Å²) in [6.45, 7) is 7.68. The Morgan fingerprint density at radius 2 is 2.06 bits per heavy atom. The number of nitrogens with zero attached hydrogens (tertiary/aromatic N) is 1. The lowest BCUT2D eigenvalue weighted by Gasteiger charge is -2.45. The number of hydrogen-bond donors (Lipinski definition) is 0. The molecular weight excluding hydrogens is 210 g/mol. The van der Waals surface area contributed by atoms with Crippen LogP contribution in [0.15, 0.2) is 18.2 Å². The standard InChI is InChI=1S/C15H19NO/c1-4-13(8-16)15(9-17-10-15)14-6-5-11(2)12(3)7-14/h5-7,13H,4,9-10H2,1-3H3. The molecule has 90 valence electrons. The van der Waals surface area contributed by atoms with Crippen LogP contribution in [0.1, 0.15) is 30.0 Å². The Hall–Kier alpha value is -1.33. The molecule has 1 aromatic carbocycles. The molecule has 2 rings (SSSR count). The molecule has 0 radical (unpaired) electrons. The van der Waals surface area contributed by atoms with E-state index >= 15 is 0 Å². The van der Waals surface area contributed by atoms with Crippen LogP contribution in [-0.2, 0) is 10.2 Å². The van der Waals surface area contributed by atoms with Crippen molar-refractivity contribution in [1.82, 2.24) is 0 Å². The molecule has 1 unspecified atom stereocenters. The summed E-state index contributed by atoms with van der Waals surface area (Å²) >= 11 is 0. The van der Waals surface area contributed by atoms with Gasteiger partial charge in [-0.25, -0.2) is 0 Å². The van der Waals surface area contributed by atoms with E-state index in [1.54, 1.807) is 0 Å². The minimum atomic E-state index is -0.0675. The summed E-state index contributed by atoms with van der Waals surface area (Å²) < 4.78 is 5.40. The number of hydrogen-bond acceptors (Lipinski definition) is 2. The molecule has 0 spiro atoms. The minimum absolute atomic E-state index is 0.0540. The van der Waals surface area contributed by atoms with Crippen LogP contribution in [0.5, 0.6) is 0 Å². The van der Waals surface area contributed by atoms with Gasteiger partial charge in [-0.3, -0.25) is 0 Å². The summed E-state index contributed by atoms with van der Waals surface area (Å²) in [5.74, 6) is 0.0540. The SMILES string of the molecule is CCC(C#N)C1(c2ccc(C)c(C)c2)COC1. The third kappa shape index (κ3) is 1.85. The molecule has 1 atom stereocenters. The highest BCUT2D eigenvalue weighted by Gasteiger charge is 2.46. The highest BCUT2D eigenvalue weighted by molar-refractivity contribution is 5.38. The normalized spacial score (nSPS) is 19.2. The van der Waals surface area contributed by atoms with Gasteiger partial charge in [0.2, 0.25) is 0 Å². The van der Waals surface area contributed by atoms with Crippen molar-refractivity contribution in [3.63, 3.8) is 0 Å². The maximum atomic E-state index is 9.31. The van der Waals surface area contributed by atoms with Crippen LogP contribution in [-0.4, -0.2) is 13.2 Å². The zero-order chi connectivity index (χ0) is 12.5. The topological polar surface area (TPSA) is 33.0 Å². The van der Waals surface area contributed by atoms with Crippen molar-refractivity contribution in [2.75, 3.05) is 13.2 Å². The Morgan fingerprint density at radius 1 is 1.35 bits per heavy atom. The Bertz CT molecular complexity index is 454. The highest BCUT2D eigenvalue weighted by Crippen LogP contribution is 2.41. The second kappa shape index (κ2) is 4.50. The van der Waals surface area contributed by atoms with Crippen LogP contribution in [0.25, 0.3) is 0 Å². The van der Waals surface area contributed by atoms with E-state index in [9.17, 15) is 5.26 Å². The first kappa shape index (κ1) is 12.1. The maximum Gasteiger partial charge on any atom is 0.0666 e. The molecule has 1 heterocycles. The van der Waals surface area contributed by atoms with Gasteiger partial charge in [-0.05, 0) is 37.0 Å². The van der Waals surface area contributed by atoms with Gasteiger partial charge in [-0.1, -0.05) is 25.1 Å². The average molecular weight is 229 g/mol. The van der Waals surface area contributed by atoms with Crippen molar-refractivity contribution in [1.29, 1.82) is 5.26 Å². The number of benzene rings is 1. The van der Waals surface area contributed by atoms with E-state index in [2.05, 4.69) is 45.0 Å². The van der Waals surface area contributed by atoms with Gasteiger partial charge in [0.1, 0.15) is 0 Å². The molecule has 1 aromatic rings. The van der Waals surface area contributed by atoms with Gasteiger partial charge >= 0.3 is 0 Å². The quantitative estimate of drug-likeness (QED) is 0.797. The highest BCUT2D eigenvalue weighted by atomic mass is 16.5. The summed E-state index contributed by atoms with van der Waals surface area (Å²) in [6, 6.07) is 8.97. The monoisotopic (exact) mass is 229 g/mol. The molecule has 0 saturated carbocycles. The molecule has 0 aliphatic carbocycles. The summed E-state index contributed by atoms with van der Waals surface area (Å²) in [5, 5.41) is 9.31. The van der Waals surface area contributed by atoms with E-state index in [0.29, 0.717) is 13.2 Å². The van der Waals surface area contributed by atoms with Crippen LogP contribution < -0.4 is 0 Å². The number of ether oxygens (including phenoxy) is 1. The Kier molecular flexibility index (Phi) is 3.22. The molecule has 1 aliphatic rings. The molecule has 0 bridgehead atoms. The van der Waals surface area contributed by atoms with E-state index in [1.807, 2.05) is 0 Å². The van der Waals surface area contributed by atoms with E-state index < -0.39 is 0 Å². The molecule has 17 heavy (non-hydrogen) atoms. The second-order valence-electron chi connectivity index (χ2n) is 5.04. The van der Waals surface area contributed by atoms with Crippen LogP contribution in [0.3, 0.4) is 0 Å². The lowest BCUT2D eigenvalue weighted by atomic mass is 9.68. The molecule has 1 saturated heterocycles. The fourth-order valence-electron chi connectivity index (χ4n) is 2.55. The van der Waals surface area contributed by atoms with Crippen molar-refractivity contribution in [2.24, 2.45) is 5.92 Å². The Labute approximate surface area is 103 Å². The van der Waals surface area contributed by atoms with Crippen molar-refractivity contribution in [2.45, 2.75) is 32.6 Å². The maximum absolute atomic E-state index is 9.31. The molecule has 0 N–H and O–H groups in total. The molecular formula is C15H19NO. The fraction of sp³-hybridized carbons (Fsp3) is 0.533. The van der Waals surface area contributed by atoms with Crippen LogP contribution in [0.4, 0.5) is 0 Å². The van der Waals surface area contributed by atoms with Gasteiger partial charge in [0, 0.05) is 0 Å². The Morgan fingerprint density at radius 3 is 2.47 bits per heavy atom. The van der Waals surface area contributed by atoms with E-state index in [4.69, 9.17) is 4.74 Å². The summed E-state index contributed by atoms with van der Waals surface area (Å²) in [4.78, 5) is 0. The van der Waals surface area contributed by atoms with E-state index in [-0.39, 0.29) is 11.3 Å². The van der Waals surface area contributed by atoms with E-state index in [0.717, 1.165) is 6.42 Å². The third-order valence-electron chi connectivity index (χ3n) is 4.03. The molecule has 2 heteroatoms. The minimum Gasteiger partial charge on any atom is -0.379 e. The van der Waals surface area contributed by atoms with Crippen LogP contribution >= 0.6 is 0 Å². The first-order chi connectivity index (χ1) is 8.14. The predicted molar refractivity (Wildman–Crippen MR) is 67.8 cm³/mol. The summed E-state index contributed by atoms with van der Waals surface area (Å²) in [7, 11) is 0. The van der Waals surface area contributed by atoms with Crippen molar-refractivity contribution >= 4 is 0 Å². The predicted octanol–water partition coefficient (Wildman–Crippen LogP) is 3.12. The van der Waals surface area contributed by atoms with Gasteiger partial charge in [-0.15, -0.1) is 0 Å². The summed E-state index contributed by atoms with van der Waals surface area (Å²) in [6.07, 6.45) is 0.882. The largest absolute Gasteiger partial charge is 0.379 e. The van der Waals surface area contributed by atoms with Crippen molar-refractivity contribution in [3.8, 4) is 6.07 Å². The second-order valence-corrected chi connectivity index (χ2v) is 5.04.